The number of aromatic nitrogens is 1. The molecule has 8 nitrogen and oxygen atoms in total. The van der Waals surface area contributed by atoms with E-state index in [0.717, 1.165) is 12.1 Å². The highest BCUT2D eigenvalue weighted by Gasteiger charge is 2.48. The molecule has 0 unspecified atom stereocenters. The second-order valence-electron chi connectivity index (χ2n) is 7.99. The first-order valence-electron chi connectivity index (χ1n) is 10.1. The molecule has 0 spiro atoms. The molecule has 0 atom stereocenters. The Morgan fingerprint density at radius 1 is 1.14 bits per heavy atom. The van der Waals surface area contributed by atoms with E-state index < -0.39 is 33.0 Å². The van der Waals surface area contributed by atoms with Crippen molar-refractivity contribution in [2.24, 2.45) is 5.92 Å². The highest BCUT2D eigenvalue weighted by Crippen LogP contribution is 2.35. The van der Waals surface area contributed by atoms with Crippen LogP contribution in [0.4, 0.5) is 18.0 Å². The van der Waals surface area contributed by atoms with Crippen LogP contribution >= 0.6 is 11.6 Å². The van der Waals surface area contributed by atoms with Crippen molar-refractivity contribution in [2.75, 3.05) is 0 Å². The summed E-state index contributed by atoms with van der Waals surface area (Å²) in [5.74, 6) is -0.686. The van der Waals surface area contributed by atoms with E-state index in [-0.39, 0.29) is 35.5 Å². The quantitative estimate of drug-likeness (QED) is 0.328. The summed E-state index contributed by atoms with van der Waals surface area (Å²) in [6.45, 7) is 3.61. The number of fused-ring (bicyclic) bond motifs is 1. The summed E-state index contributed by atoms with van der Waals surface area (Å²) in [6, 6.07) is 9.40. The lowest BCUT2D eigenvalue weighted by molar-refractivity contribution is -0.0500. The largest absolute Gasteiger partial charge is 0.534 e. The number of hydrogen-bond acceptors (Lipinski definition) is 5. The molecule has 3 aromatic rings. The Balaban J connectivity index is 2.40. The number of alkyl halides is 3. The van der Waals surface area contributed by atoms with Crippen LogP contribution < -0.4 is 15.1 Å². The number of halogens is 4. The van der Waals surface area contributed by atoms with Gasteiger partial charge in [0.15, 0.2) is 0 Å². The lowest BCUT2D eigenvalue weighted by Crippen LogP contribution is -2.31. The van der Waals surface area contributed by atoms with Gasteiger partial charge in [0.1, 0.15) is 5.75 Å². The molecule has 1 heterocycles. The number of benzene rings is 2. The van der Waals surface area contributed by atoms with E-state index in [1.165, 1.54) is 10.6 Å². The van der Waals surface area contributed by atoms with Gasteiger partial charge in [-0.2, -0.15) is 21.6 Å². The molecule has 0 bridgehead atoms. The minimum absolute atomic E-state index is 0.0219. The van der Waals surface area contributed by atoms with Gasteiger partial charge in [-0.1, -0.05) is 37.6 Å². The van der Waals surface area contributed by atoms with Crippen LogP contribution in [0.25, 0.3) is 21.9 Å². The number of carboxylic acid groups (broad SMARTS) is 1. The molecule has 1 aromatic heterocycles. The molecule has 0 aliphatic heterocycles. The van der Waals surface area contributed by atoms with Crippen molar-refractivity contribution in [1.29, 1.82) is 0 Å². The minimum Gasteiger partial charge on any atom is -0.465 e. The van der Waals surface area contributed by atoms with Crippen LogP contribution in [0, 0.1) is 5.92 Å². The van der Waals surface area contributed by atoms with Crippen molar-refractivity contribution in [3.63, 3.8) is 0 Å². The van der Waals surface area contributed by atoms with Gasteiger partial charge >= 0.3 is 21.7 Å². The molecule has 3 rings (SSSR count). The molecular weight excluding hydrogens is 513 g/mol. The summed E-state index contributed by atoms with van der Waals surface area (Å²) in [5.41, 5.74) is -5.18. The Hall–Kier alpha value is -3.25. The first-order chi connectivity index (χ1) is 16.2. The fourth-order valence-corrected chi connectivity index (χ4v) is 4.12. The number of hydrogen-bond donors (Lipinski definition) is 2. The fraction of sp³-hybridized carbons (Fsp3) is 0.273. The Kier molecular flexibility index (Phi) is 7.37. The van der Waals surface area contributed by atoms with Crippen molar-refractivity contribution < 1.29 is 35.7 Å². The SMILES string of the molecule is CC(C)Cn1c(CNC(=O)O)c(-c2ccc(Cl)cc2)c2cc(OS(=O)(=O)C(F)(F)F)ccc2c1=O. The third-order valence-electron chi connectivity index (χ3n) is 4.93. The summed E-state index contributed by atoms with van der Waals surface area (Å²) in [7, 11) is -5.96. The van der Waals surface area contributed by atoms with Crippen molar-refractivity contribution in [3.05, 3.63) is 63.5 Å². The van der Waals surface area contributed by atoms with Gasteiger partial charge in [-0.25, -0.2) is 4.79 Å². The summed E-state index contributed by atoms with van der Waals surface area (Å²) < 4.78 is 67.3. The lowest BCUT2D eigenvalue weighted by atomic mass is 9.96. The smallest absolute Gasteiger partial charge is 0.465 e. The third-order valence-corrected chi connectivity index (χ3v) is 6.16. The number of rotatable bonds is 7. The number of pyridine rings is 1. The average Bonchev–Trinajstić information content (AvgIpc) is 2.74. The predicted molar refractivity (Wildman–Crippen MR) is 124 cm³/mol. The monoisotopic (exact) mass is 532 g/mol. The molecule has 0 fully saturated rings. The van der Waals surface area contributed by atoms with Crippen molar-refractivity contribution in [1.82, 2.24) is 9.88 Å². The van der Waals surface area contributed by atoms with Crippen LogP contribution in [0.1, 0.15) is 19.5 Å². The maximum Gasteiger partial charge on any atom is 0.534 e. The Bertz CT molecular complexity index is 1430. The van der Waals surface area contributed by atoms with Gasteiger partial charge in [-0.3, -0.25) is 4.79 Å². The zero-order valence-corrected chi connectivity index (χ0v) is 20.0. The molecule has 0 aliphatic carbocycles. The van der Waals surface area contributed by atoms with Gasteiger partial charge in [-0.15, -0.1) is 0 Å². The Labute approximate surface area is 203 Å². The van der Waals surface area contributed by atoms with E-state index in [1.54, 1.807) is 24.3 Å². The molecule has 188 valence electrons. The first-order valence-corrected chi connectivity index (χ1v) is 11.9. The Morgan fingerprint density at radius 2 is 1.77 bits per heavy atom. The van der Waals surface area contributed by atoms with Crippen LogP contribution in [-0.2, 0) is 23.2 Å². The Morgan fingerprint density at radius 3 is 2.31 bits per heavy atom. The maximum atomic E-state index is 13.4. The van der Waals surface area contributed by atoms with E-state index in [9.17, 15) is 31.2 Å². The van der Waals surface area contributed by atoms with E-state index in [2.05, 4.69) is 9.50 Å². The standard InChI is InChI=1S/C22H20ClF3N2O6S/c1-12(2)11-28-18(10-27-21(30)31)19(13-3-5-14(23)6-4-13)17-9-15(7-8-16(17)20(28)29)34-35(32,33)22(24,25)26/h3-9,12,27H,10-11H2,1-2H3,(H,30,31). The topological polar surface area (TPSA) is 115 Å². The number of nitrogens with one attached hydrogen (secondary N) is 1. The second kappa shape index (κ2) is 9.78. The number of amides is 1. The number of nitrogens with zero attached hydrogens (tertiary/aromatic N) is 1. The van der Waals surface area contributed by atoms with Gasteiger partial charge in [0, 0.05) is 33.6 Å². The van der Waals surface area contributed by atoms with Crippen LogP contribution in [0.15, 0.2) is 47.3 Å². The zero-order chi connectivity index (χ0) is 26.1. The third kappa shape index (κ3) is 5.70. The van der Waals surface area contributed by atoms with Crippen LogP contribution in [-0.4, -0.2) is 29.7 Å². The maximum absolute atomic E-state index is 13.4. The zero-order valence-electron chi connectivity index (χ0n) is 18.4. The van der Waals surface area contributed by atoms with E-state index >= 15 is 0 Å². The van der Waals surface area contributed by atoms with E-state index in [4.69, 9.17) is 16.7 Å². The van der Waals surface area contributed by atoms with Crippen molar-refractivity contribution in [2.45, 2.75) is 32.4 Å². The summed E-state index contributed by atoms with van der Waals surface area (Å²) in [4.78, 5) is 24.6. The van der Waals surface area contributed by atoms with Crippen molar-refractivity contribution in [3.8, 4) is 16.9 Å². The van der Waals surface area contributed by atoms with Gasteiger partial charge in [0.05, 0.1) is 6.54 Å². The molecule has 2 aromatic carbocycles. The van der Waals surface area contributed by atoms with Gasteiger partial charge in [-0.05, 0) is 41.8 Å². The molecule has 2 N–H and O–H groups in total. The molecule has 0 saturated heterocycles. The first kappa shape index (κ1) is 26.4. The van der Waals surface area contributed by atoms with Gasteiger partial charge < -0.3 is 19.2 Å². The highest BCUT2D eigenvalue weighted by molar-refractivity contribution is 7.88. The van der Waals surface area contributed by atoms with E-state index in [0.29, 0.717) is 16.1 Å². The molecule has 0 saturated carbocycles. The highest BCUT2D eigenvalue weighted by atomic mass is 35.5. The molecule has 13 heteroatoms. The second-order valence-corrected chi connectivity index (χ2v) is 9.96. The average molecular weight is 533 g/mol. The van der Waals surface area contributed by atoms with Crippen LogP contribution in [0.2, 0.25) is 5.02 Å². The summed E-state index contributed by atoms with van der Waals surface area (Å²) in [6.07, 6.45) is -1.36. The van der Waals surface area contributed by atoms with E-state index in [1.807, 2.05) is 13.8 Å². The van der Waals surface area contributed by atoms with Gasteiger partial charge in [0.2, 0.25) is 0 Å². The van der Waals surface area contributed by atoms with Gasteiger partial charge in [0.25, 0.3) is 5.56 Å². The molecule has 0 aliphatic rings. The molecule has 1 amide bonds. The summed E-state index contributed by atoms with van der Waals surface area (Å²) in [5, 5.41) is 11.9. The molecular formula is C22H20ClF3N2O6S. The molecule has 35 heavy (non-hydrogen) atoms. The molecule has 0 radical (unpaired) electrons. The van der Waals surface area contributed by atoms with Crippen molar-refractivity contribution >= 4 is 38.6 Å². The van der Waals surface area contributed by atoms with Crippen LogP contribution in [0.3, 0.4) is 0 Å². The minimum atomic E-state index is -5.96. The van der Waals surface area contributed by atoms with Crippen LogP contribution in [0.5, 0.6) is 5.75 Å². The fourth-order valence-electron chi connectivity index (χ4n) is 3.54. The summed E-state index contributed by atoms with van der Waals surface area (Å²) >= 11 is 5.99. The lowest BCUT2D eigenvalue weighted by Gasteiger charge is -2.22. The number of carbonyl (C=O) groups is 1. The predicted octanol–water partition coefficient (Wildman–Crippen LogP) is 4.97. The normalized spacial score (nSPS) is 12.2.